The van der Waals surface area contributed by atoms with Gasteiger partial charge in [0.1, 0.15) is 5.75 Å². The maximum Gasteiger partial charge on any atom is 0.281 e. The summed E-state index contributed by atoms with van der Waals surface area (Å²) in [4.78, 5) is 14.3. The van der Waals surface area contributed by atoms with Gasteiger partial charge in [0.25, 0.3) is 5.91 Å². The van der Waals surface area contributed by atoms with Crippen molar-refractivity contribution in [2.75, 3.05) is 6.61 Å². The first-order valence-corrected chi connectivity index (χ1v) is 12.0. The monoisotopic (exact) mass is 472 g/mol. The molecule has 0 radical (unpaired) electrons. The van der Waals surface area contributed by atoms with Crippen molar-refractivity contribution in [2.24, 2.45) is 5.10 Å². The van der Waals surface area contributed by atoms with Crippen LogP contribution in [0.15, 0.2) is 75.6 Å². The van der Waals surface area contributed by atoms with Gasteiger partial charge in [-0.15, -0.1) is 21.5 Å². The van der Waals surface area contributed by atoms with Gasteiger partial charge in [0.2, 0.25) is 11.8 Å². The molecule has 0 saturated heterocycles. The Balaban J connectivity index is 1.29. The highest BCUT2D eigenvalue weighted by molar-refractivity contribution is 7.12. The Bertz CT molecular complexity index is 1290. The van der Waals surface area contributed by atoms with Crippen molar-refractivity contribution in [1.29, 1.82) is 0 Å². The van der Waals surface area contributed by atoms with E-state index >= 15 is 0 Å². The fourth-order valence-electron chi connectivity index (χ4n) is 3.80. The number of benzene rings is 2. The zero-order chi connectivity index (χ0) is 23.5. The third-order valence-electron chi connectivity index (χ3n) is 5.67. The second-order valence-corrected chi connectivity index (χ2v) is 9.01. The summed E-state index contributed by atoms with van der Waals surface area (Å²) in [6.45, 7) is 3.90. The number of thiophene rings is 1. The van der Waals surface area contributed by atoms with Crippen molar-refractivity contribution >= 4 is 23.0 Å². The van der Waals surface area contributed by atoms with Crippen molar-refractivity contribution in [2.45, 2.75) is 32.7 Å². The minimum Gasteiger partial charge on any atom is -0.484 e. The lowest BCUT2D eigenvalue weighted by Gasteiger charge is -2.22. The Labute approximate surface area is 201 Å². The number of aryl methyl sites for hydroxylation is 2. The van der Waals surface area contributed by atoms with Crippen molar-refractivity contribution in [3.05, 3.63) is 87.9 Å². The van der Waals surface area contributed by atoms with Crippen LogP contribution in [-0.4, -0.2) is 33.4 Å². The molecule has 0 bridgehead atoms. The smallest absolute Gasteiger partial charge is 0.281 e. The predicted octanol–water partition coefficient (Wildman–Crippen LogP) is 5.43. The summed E-state index contributed by atoms with van der Waals surface area (Å²) in [5.74, 6) is 1.46. The van der Waals surface area contributed by atoms with Crippen molar-refractivity contribution in [3.8, 4) is 17.2 Å². The van der Waals surface area contributed by atoms with Crippen LogP contribution < -0.4 is 4.74 Å². The lowest BCUT2D eigenvalue weighted by atomic mass is 10.00. The molecule has 1 atom stereocenters. The van der Waals surface area contributed by atoms with E-state index in [1.165, 1.54) is 5.56 Å². The standard InChI is InChI=1S/C26H24N4O3S/c1-3-24-27-28-26(33-24)19-10-12-20(13-11-19)32-16-25(31)30-22(18-8-6-17(2)7-9-18)15-21(29-30)23-5-4-14-34-23/h4-14,22H,3,15-16H2,1-2H3. The lowest BCUT2D eigenvalue weighted by molar-refractivity contribution is -0.135. The van der Waals surface area contributed by atoms with E-state index in [1.54, 1.807) is 28.5 Å². The molecule has 1 amide bonds. The fourth-order valence-corrected chi connectivity index (χ4v) is 4.52. The zero-order valence-electron chi connectivity index (χ0n) is 19.0. The SMILES string of the molecule is CCc1nnc(-c2ccc(OCC(=O)N3N=C(c4cccs4)CC3c3ccc(C)cc3)cc2)o1. The topological polar surface area (TPSA) is 80.8 Å². The quantitative estimate of drug-likeness (QED) is 0.358. The minimum absolute atomic E-state index is 0.108. The molecule has 7 nitrogen and oxygen atoms in total. The Hall–Kier alpha value is -3.78. The number of nitrogens with zero attached hydrogens (tertiary/aromatic N) is 4. The number of hydrogen-bond donors (Lipinski definition) is 0. The molecule has 1 aliphatic rings. The van der Waals surface area contributed by atoms with Gasteiger partial charge in [-0.25, -0.2) is 5.01 Å². The number of carbonyl (C=O) groups is 1. The number of ether oxygens (including phenoxy) is 1. The van der Waals surface area contributed by atoms with E-state index in [2.05, 4.69) is 41.4 Å². The molecular formula is C26H24N4O3S. The van der Waals surface area contributed by atoms with Crippen LogP contribution in [0.3, 0.4) is 0 Å². The van der Waals surface area contributed by atoms with Gasteiger partial charge < -0.3 is 9.15 Å². The summed E-state index contributed by atoms with van der Waals surface area (Å²) < 4.78 is 11.4. The van der Waals surface area contributed by atoms with E-state index in [0.29, 0.717) is 30.4 Å². The molecule has 2 aromatic heterocycles. The van der Waals surface area contributed by atoms with Crippen LogP contribution >= 0.6 is 11.3 Å². The van der Waals surface area contributed by atoms with Crippen LogP contribution in [0, 0.1) is 6.92 Å². The van der Waals surface area contributed by atoms with Gasteiger partial charge in [-0.3, -0.25) is 4.79 Å². The first-order chi connectivity index (χ1) is 16.6. The molecule has 0 fully saturated rings. The first-order valence-electron chi connectivity index (χ1n) is 11.2. The molecule has 8 heteroatoms. The fraction of sp³-hybridized carbons (Fsp3) is 0.231. The molecule has 1 aliphatic heterocycles. The van der Waals surface area contributed by atoms with Gasteiger partial charge >= 0.3 is 0 Å². The maximum absolute atomic E-state index is 13.2. The second-order valence-electron chi connectivity index (χ2n) is 8.06. The van der Waals surface area contributed by atoms with E-state index < -0.39 is 0 Å². The van der Waals surface area contributed by atoms with Gasteiger partial charge in [-0.2, -0.15) is 5.10 Å². The Morgan fingerprint density at radius 1 is 1.12 bits per heavy atom. The molecule has 3 heterocycles. The number of aromatic nitrogens is 2. The van der Waals surface area contributed by atoms with Crippen LogP contribution in [0.4, 0.5) is 0 Å². The van der Waals surface area contributed by atoms with Gasteiger partial charge in [-0.1, -0.05) is 42.8 Å². The Morgan fingerprint density at radius 3 is 2.59 bits per heavy atom. The van der Waals surface area contributed by atoms with E-state index in [4.69, 9.17) is 14.3 Å². The van der Waals surface area contributed by atoms with Crippen molar-refractivity contribution in [1.82, 2.24) is 15.2 Å². The van der Waals surface area contributed by atoms with Gasteiger partial charge in [0, 0.05) is 18.4 Å². The maximum atomic E-state index is 13.2. The van der Waals surface area contributed by atoms with Crippen LogP contribution in [0.2, 0.25) is 0 Å². The van der Waals surface area contributed by atoms with Crippen molar-refractivity contribution < 1.29 is 13.9 Å². The summed E-state index contributed by atoms with van der Waals surface area (Å²) >= 11 is 1.63. The summed E-state index contributed by atoms with van der Waals surface area (Å²) in [5.41, 5.74) is 3.96. The van der Waals surface area contributed by atoms with Crippen molar-refractivity contribution in [3.63, 3.8) is 0 Å². The number of hydrazone groups is 1. The average Bonchev–Trinajstić information content (AvgIpc) is 3.64. The van der Waals surface area contributed by atoms with Crippen LogP contribution in [0.1, 0.15) is 41.3 Å². The Morgan fingerprint density at radius 2 is 1.91 bits per heavy atom. The van der Waals surface area contributed by atoms with E-state index in [-0.39, 0.29) is 18.6 Å². The number of carbonyl (C=O) groups excluding carboxylic acids is 1. The second kappa shape index (κ2) is 9.61. The molecule has 172 valence electrons. The van der Waals surface area contributed by atoms with Crippen LogP contribution in [-0.2, 0) is 11.2 Å². The van der Waals surface area contributed by atoms with E-state index in [9.17, 15) is 4.79 Å². The van der Waals surface area contributed by atoms with Gasteiger partial charge in [0.15, 0.2) is 6.61 Å². The lowest BCUT2D eigenvalue weighted by Crippen LogP contribution is -2.31. The molecule has 2 aromatic carbocycles. The number of amides is 1. The third kappa shape index (κ3) is 4.63. The minimum atomic E-state index is -0.189. The highest BCUT2D eigenvalue weighted by Gasteiger charge is 2.33. The highest BCUT2D eigenvalue weighted by Crippen LogP contribution is 2.34. The molecule has 0 spiro atoms. The molecule has 1 unspecified atom stereocenters. The summed E-state index contributed by atoms with van der Waals surface area (Å²) in [7, 11) is 0. The first kappa shape index (κ1) is 22.0. The van der Waals surface area contributed by atoms with E-state index in [0.717, 1.165) is 21.7 Å². The molecule has 34 heavy (non-hydrogen) atoms. The highest BCUT2D eigenvalue weighted by atomic mass is 32.1. The molecule has 0 aliphatic carbocycles. The molecule has 0 saturated carbocycles. The van der Waals surface area contributed by atoms with Gasteiger partial charge in [-0.05, 0) is 48.2 Å². The molecular weight excluding hydrogens is 448 g/mol. The van der Waals surface area contributed by atoms with Gasteiger partial charge in [0.05, 0.1) is 16.6 Å². The number of hydrogen-bond acceptors (Lipinski definition) is 7. The zero-order valence-corrected chi connectivity index (χ0v) is 19.8. The number of rotatable bonds is 7. The normalized spacial score (nSPS) is 15.4. The molecule has 4 aromatic rings. The third-order valence-corrected chi connectivity index (χ3v) is 6.59. The Kier molecular flexibility index (Phi) is 6.22. The van der Waals surface area contributed by atoms with E-state index in [1.807, 2.05) is 36.6 Å². The van der Waals surface area contributed by atoms with Crippen LogP contribution in [0.5, 0.6) is 5.75 Å². The summed E-state index contributed by atoms with van der Waals surface area (Å²) in [6.07, 6.45) is 1.36. The largest absolute Gasteiger partial charge is 0.484 e. The molecule has 0 N–H and O–H groups in total. The van der Waals surface area contributed by atoms with Crippen LogP contribution in [0.25, 0.3) is 11.5 Å². The predicted molar refractivity (Wildman–Crippen MR) is 131 cm³/mol. The summed E-state index contributed by atoms with van der Waals surface area (Å²) in [5, 5.41) is 16.3. The average molecular weight is 473 g/mol. The molecule has 5 rings (SSSR count). The summed E-state index contributed by atoms with van der Waals surface area (Å²) in [6, 6.07) is 19.4.